The molecule has 0 radical (unpaired) electrons. The summed E-state index contributed by atoms with van der Waals surface area (Å²) in [4.78, 5) is 24.6. The van der Waals surface area contributed by atoms with Gasteiger partial charge in [-0.3, -0.25) is 4.72 Å². The van der Waals surface area contributed by atoms with Gasteiger partial charge in [-0.15, -0.1) is 0 Å². The largest absolute Gasteiger partial charge is 0.465 e. The van der Waals surface area contributed by atoms with Gasteiger partial charge >= 0.3 is 11.9 Å². The van der Waals surface area contributed by atoms with E-state index in [1.165, 1.54) is 31.4 Å². The first kappa shape index (κ1) is 22.5. The molecule has 1 aliphatic heterocycles. The summed E-state index contributed by atoms with van der Waals surface area (Å²) in [5.41, 5.74) is -0.140. The number of carbonyl (C=O) groups is 2. The van der Waals surface area contributed by atoms with Crippen molar-refractivity contribution in [1.29, 1.82) is 0 Å². The van der Waals surface area contributed by atoms with Gasteiger partial charge in [-0.1, -0.05) is 11.6 Å². The van der Waals surface area contributed by atoms with Crippen molar-refractivity contribution in [1.82, 2.24) is 0 Å². The van der Waals surface area contributed by atoms with Crippen molar-refractivity contribution in [3.8, 4) is 0 Å². The molecule has 0 aromatic heterocycles. The molecule has 1 fully saturated rings. The second-order valence-electron chi connectivity index (χ2n) is 6.68. The lowest BCUT2D eigenvalue weighted by atomic mass is 9.94. The number of halogens is 1. The number of sulfonamides is 1. The lowest BCUT2D eigenvalue weighted by Gasteiger charge is -2.33. The van der Waals surface area contributed by atoms with Crippen LogP contribution in [0, 0.1) is 0 Å². The zero-order chi connectivity index (χ0) is 21.9. The number of rotatable bonds is 6. The molecule has 2 aliphatic rings. The predicted octanol–water partition coefficient (Wildman–Crippen LogP) is 2.26. The van der Waals surface area contributed by atoms with Gasteiger partial charge in [-0.25, -0.2) is 18.0 Å². The zero-order valence-corrected chi connectivity index (χ0v) is 18.0. The van der Waals surface area contributed by atoms with Gasteiger partial charge in [0, 0.05) is 11.4 Å². The number of anilines is 1. The zero-order valence-electron chi connectivity index (χ0n) is 16.5. The standard InChI is InChI=1S/C19H22ClNO8S/c1-3-27-18(23)14-11-19(28-8-9-29-19)7-6-16(14)30(24,25)21-15-5-4-12(20)10-13(15)17(22)26-2/h4-5,10-11,16,21H,3,6-9H2,1-2H3. The first-order valence-electron chi connectivity index (χ1n) is 9.28. The Morgan fingerprint density at radius 3 is 2.60 bits per heavy atom. The lowest BCUT2D eigenvalue weighted by molar-refractivity contribution is -0.143. The van der Waals surface area contributed by atoms with Crippen LogP contribution in [0.25, 0.3) is 0 Å². The molecule has 9 nitrogen and oxygen atoms in total. The van der Waals surface area contributed by atoms with Gasteiger partial charge in [0.25, 0.3) is 0 Å². The van der Waals surface area contributed by atoms with Crippen molar-refractivity contribution in [2.75, 3.05) is 31.7 Å². The Morgan fingerprint density at radius 2 is 1.97 bits per heavy atom. The van der Waals surface area contributed by atoms with E-state index in [4.69, 9.17) is 30.5 Å². The third kappa shape index (κ3) is 4.61. The maximum absolute atomic E-state index is 13.2. The highest BCUT2D eigenvalue weighted by atomic mass is 35.5. The summed E-state index contributed by atoms with van der Waals surface area (Å²) in [6.45, 7) is 2.39. The number of benzene rings is 1. The molecule has 164 valence electrons. The highest BCUT2D eigenvalue weighted by Gasteiger charge is 2.46. The quantitative estimate of drug-likeness (QED) is 0.644. The summed E-state index contributed by atoms with van der Waals surface area (Å²) < 4.78 is 49.7. The molecular weight excluding hydrogens is 438 g/mol. The van der Waals surface area contributed by atoms with Gasteiger partial charge in [-0.2, -0.15) is 0 Å². The van der Waals surface area contributed by atoms with E-state index >= 15 is 0 Å². The molecular formula is C19H22ClNO8S. The van der Waals surface area contributed by atoms with Crippen LogP contribution in [0.2, 0.25) is 5.02 Å². The van der Waals surface area contributed by atoms with Gasteiger partial charge in [0.1, 0.15) is 5.25 Å². The summed E-state index contributed by atoms with van der Waals surface area (Å²) in [5.74, 6) is -2.66. The van der Waals surface area contributed by atoms with Crippen molar-refractivity contribution < 1.29 is 37.0 Å². The smallest absolute Gasteiger partial charge is 0.340 e. The fourth-order valence-corrected chi connectivity index (χ4v) is 5.15. The highest BCUT2D eigenvalue weighted by molar-refractivity contribution is 7.93. The van der Waals surface area contributed by atoms with Crippen molar-refractivity contribution in [3.63, 3.8) is 0 Å². The van der Waals surface area contributed by atoms with Gasteiger partial charge in [0.2, 0.25) is 10.0 Å². The van der Waals surface area contributed by atoms with E-state index < -0.39 is 33.0 Å². The van der Waals surface area contributed by atoms with Crippen LogP contribution in [-0.4, -0.2) is 58.3 Å². The van der Waals surface area contributed by atoms with Crippen LogP contribution in [0.15, 0.2) is 29.8 Å². The number of hydrogen-bond donors (Lipinski definition) is 1. The van der Waals surface area contributed by atoms with Crippen LogP contribution >= 0.6 is 11.6 Å². The molecule has 1 unspecified atom stereocenters. The fraction of sp³-hybridized carbons (Fsp3) is 0.474. The number of ether oxygens (including phenoxy) is 4. The van der Waals surface area contributed by atoms with E-state index in [1.807, 2.05) is 0 Å². The molecule has 11 heteroatoms. The highest BCUT2D eigenvalue weighted by Crippen LogP contribution is 2.38. The second kappa shape index (κ2) is 8.93. The Hall–Kier alpha value is -2.14. The van der Waals surface area contributed by atoms with E-state index in [0.29, 0.717) is 13.2 Å². The molecule has 1 saturated heterocycles. The second-order valence-corrected chi connectivity index (χ2v) is 8.98. The van der Waals surface area contributed by atoms with Gasteiger partial charge in [-0.05, 0) is 37.6 Å². The first-order chi connectivity index (χ1) is 14.2. The minimum atomic E-state index is -4.15. The van der Waals surface area contributed by atoms with Gasteiger partial charge in [0.15, 0.2) is 5.79 Å². The minimum absolute atomic E-state index is 0.0110. The van der Waals surface area contributed by atoms with Crippen LogP contribution in [0.5, 0.6) is 0 Å². The molecule has 1 N–H and O–H groups in total. The van der Waals surface area contributed by atoms with Gasteiger partial charge < -0.3 is 18.9 Å². The summed E-state index contributed by atoms with van der Waals surface area (Å²) in [6, 6.07) is 4.08. The molecule has 3 rings (SSSR count). The van der Waals surface area contributed by atoms with Crippen LogP contribution < -0.4 is 4.72 Å². The van der Waals surface area contributed by atoms with Crippen molar-refractivity contribution in [2.24, 2.45) is 0 Å². The molecule has 0 saturated carbocycles. The summed E-state index contributed by atoms with van der Waals surface area (Å²) in [7, 11) is -2.98. The van der Waals surface area contributed by atoms with Crippen LogP contribution in [0.4, 0.5) is 5.69 Å². The summed E-state index contributed by atoms with van der Waals surface area (Å²) >= 11 is 5.92. The Labute approximate surface area is 179 Å². The normalized spacial score (nSPS) is 20.5. The molecule has 1 aromatic rings. The summed E-state index contributed by atoms with van der Waals surface area (Å²) in [5, 5.41) is -0.989. The Kier molecular flexibility index (Phi) is 6.71. The van der Waals surface area contributed by atoms with E-state index in [9.17, 15) is 18.0 Å². The molecule has 1 heterocycles. The van der Waals surface area contributed by atoms with E-state index in [-0.39, 0.29) is 41.3 Å². The predicted molar refractivity (Wildman–Crippen MR) is 108 cm³/mol. The third-order valence-corrected chi connectivity index (χ3v) is 6.76. The Morgan fingerprint density at radius 1 is 1.27 bits per heavy atom. The molecule has 1 atom stereocenters. The average Bonchev–Trinajstić information content (AvgIpc) is 3.16. The van der Waals surface area contributed by atoms with E-state index in [1.54, 1.807) is 6.92 Å². The number of hydrogen-bond acceptors (Lipinski definition) is 8. The van der Waals surface area contributed by atoms with Crippen molar-refractivity contribution in [3.05, 3.63) is 40.4 Å². The maximum atomic E-state index is 13.2. The number of carbonyl (C=O) groups excluding carboxylic acids is 2. The molecule has 0 bridgehead atoms. The van der Waals surface area contributed by atoms with Gasteiger partial charge in [0.05, 0.1) is 43.8 Å². The topological polar surface area (TPSA) is 117 Å². The number of nitrogens with one attached hydrogen (secondary N) is 1. The van der Waals surface area contributed by atoms with E-state index in [2.05, 4.69) is 4.72 Å². The third-order valence-electron chi connectivity index (χ3n) is 4.78. The molecule has 0 amide bonds. The first-order valence-corrected chi connectivity index (χ1v) is 11.2. The van der Waals surface area contributed by atoms with Crippen LogP contribution in [0.3, 0.4) is 0 Å². The molecule has 1 spiro atoms. The van der Waals surface area contributed by atoms with Crippen LogP contribution in [0.1, 0.15) is 30.1 Å². The molecule has 30 heavy (non-hydrogen) atoms. The SMILES string of the molecule is CCOC(=O)C1=CC2(CCC1S(=O)(=O)Nc1ccc(Cl)cc1C(=O)OC)OCCO2. The average molecular weight is 460 g/mol. The maximum Gasteiger partial charge on any atom is 0.340 e. The number of methoxy groups -OCH3 is 1. The molecule has 1 aromatic carbocycles. The Balaban J connectivity index is 1.97. The number of esters is 2. The van der Waals surface area contributed by atoms with Crippen molar-refractivity contribution in [2.45, 2.75) is 30.8 Å². The van der Waals surface area contributed by atoms with E-state index in [0.717, 1.165) is 0 Å². The van der Waals surface area contributed by atoms with Crippen molar-refractivity contribution >= 4 is 39.3 Å². The summed E-state index contributed by atoms with van der Waals surface area (Å²) in [6.07, 6.45) is 1.68. The fourth-order valence-electron chi connectivity index (χ4n) is 3.42. The lowest BCUT2D eigenvalue weighted by Crippen LogP contribution is -2.42. The van der Waals surface area contributed by atoms with Crippen LogP contribution in [-0.2, 0) is 33.8 Å². The Bertz CT molecular complexity index is 969. The minimum Gasteiger partial charge on any atom is -0.465 e. The monoisotopic (exact) mass is 459 g/mol. The molecule has 1 aliphatic carbocycles.